The molecular formula is C14H20N2O4P2. The monoisotopic (exact) mass is 342 g/mol. The van der Waals surface area contributed by atoms with E-state index in [9.17, 15) is 18.9 Å². The van der Waals surface area contributed by atoms with E-state index in [1.807, 2.05) is 0 Å². The quantitative estimate of drug-likeness (QED) is 0.614. The van der Waals surface area contributed by atoms with Gasteiger partial charge < -0.3 is 21.3 Å². The van der Waals surface area contributed by atoms with Crippen LogP contribution in [0, 0.1) is 0 Å². The molecule has 0 heterocycles. The summed E-state index contributed by atoms with van der Waals surface area (Å²) in [4.78, 5) is 18.5. The smallest absolute Gasteiger partial charge is 0.242 e. The third-order valence-electron chi connectivity index (χ3n) is 2.81. The summed E-state index contributed by atoms with van der Waals surface area (Å²) in [5.41, 5.74) is 10.3. The van der Waals surface area contributed by atoms with E-state index >= 15 is 0 Å². The van der Waals surface area contributed by atoms with E-state index in [0.29, 0.717) is 10.6 Å². The van der Waals surface area contributed by atoms with Crippen LogP contribution in [0.4, 0.5) is 0 Å². The SMILES string of the molecule is NCP(=O)(O)c1ccccc1.NCP(=O)(O)c1ccccc1. The number of nitrogens with two attached hydrogens (primary N) is 2. The van der Waals surface area contributed by atoms with E-state index in [2.05, 4.69) is 0 Å². The zero-order chi connectivity index (χ0) is 16.6. The molecule has 0 aliphatic heterocycles. The number of benzene rings is 2. The molecule has 0 aliphatic rings. The lowest BCUT2D eigenvalue weighted by Crippen LogP contribution is -2.11. The predicted molar refractivity (Wildman–Crippen MR) is 89.9 cm³/mol. The van der Waals surface area contributed by atoms with Crippen molar-refractivity contribution in [2.24, 2.45) is 11.5 Å². The maximum absolute atomic E-state index is 11.2. The zero-order valence-corrected chi connectivity index (χ0v) is 13.7. The van der Waals surface area contributed by atoms with Crippen molar-refractivity contribution in [2.75, 3.05) is 12.6 Å². The Morgan fingerprint density at radius 2 is 0.955 bits per heavy atom. The number of hydrogen-bond acceptors (Lipinski definition) is 4. The molecule has 0 aromatic heterocycles. The first-order valence-corrected chi connectivity index (χ1v) is 10.2. The van der Waals surface area contributed by atoms with Gasteiger partial charge in [-0.15, -0.1) is 0 Å². The van der Waals surface area contributed by atoms with Gasteiger partial charge in [0, 0.05) is 10.6 Å². The maximum atomic E-state index is 11.2. The topological polar surface area (TPSA) is 127 Å². The Bertz CT molecular complexity index is 606. The molecule has 0 saturated heterocycles. The number of hydrogen-bond donors (Lipinski definition) is 4. The molecule has 0 spiro atoms. The highest BCUT2D eigenvalue weighted by molar-refractivity contribution is 7.66. The van der Waals surface area contributed by atoms with Crippen LogP contribution in [0.25, 0.3) is 0 Å². The minimum absolute atomic E-state index is 0.197. The summed E-state index contributed by atoms with van der Waals surface area (Å²) in [6, 6.07) is 16.9. The lowest BCUT2D eigenvalue weighted by Gasteiger charge is -2.07. The first-order valence-electron chi connectivity index (χ1n) is 6.48. The Labute approximate surface area is 129 Å². The zero-order valence-electron chi connectivity index (χ0n) is 11.9. The summed E-state index contributed by atoms with van der Waals surface area (Å²) in [6.07, 6.45) is -0.395. The first-order chi connectivity index (χ1) is 10.3. The van der Waals surface area contributed by atoms with Crippen LogP contribution in [0.15, 0.2) is 60.7 Å². The van der Waals surface area contributed by atoms with Gasteiger partial charge >= 0.3 is 0 Å². The van der Waals surface area contributed by atoms with Crippen LogP contribution in [0.2, 0.25) is 0 Å². The van der Waals surface area contributed by atoms with Crippen molar-refractivity contribution in [1.29, 1.82) is 0 Å². The maximum Gasteiger partial charge on any atom is 0.242 e. The first kappa shape index (κ1) is 18.8. The molecule has 6 N–H and O–H groups in total. The lowest BCUT2D eigenvalue weighted by atomic mass is 10.4. The Balaban J connectivity index is 0.000000220. The average molecular weight is 342 g/mol. The summed E-state index contributed by atoms with van der Waals surface area (Å²) in [5.74, 6) is 0. The Morgan fingerprint density at radius 3 is 1.18 bits per heavy atom. The summed E-state index contributed by atoms with van der Waals surface area (Å²) >= 11 is 0. The van der Waals surface area contributed by atoms with Gasteiger partial charge in [0.25, 0.3) is 0 Å². The Morgan fingerprint density at radius 1 is 0.682 bits per heavy atom. The molecule has 2 aromatic carbocycles. The van der Waals surface area contributed by atoms with Gasteiger partial charge in [0.15, 0.2) is 0 Å². The lowest BCUT2D eigenvalue weighted by molar-refractivity contribution is 0.488. The van der Waals surface area contributed by atoms with Gasteiger partial charge in [-0.05, 0) is 24.3 Å². The van der Waals surface area contributed by atoms with E-state index in [1.165, 1.54) is 0 Å². The molecule has 22 heavy (non-hydrogen) atoms. The second kappa shape index (κ2) is 8.39. The molecular weight excluding hydrogens is 322 g/mol. The Hall–Kier alpha value is -1.26. The van der Waals surface area contributed by atoms with Gasteiger partial charge in [0.1, 0.15) is 0 Å². The highest BCUT2D eigenvalue weighted by Crippen LogP contribution is 2.36. The predicted octanol–water partition coefficient (Wildman–Crippen LogP) is 0.997. The van der Waals surface area contributed by atoms with E-state index < -0.39 is 14.7 Å². The molecule has 6 nitrogen and oxygen atoms in total. The highest BCUT2D eigenvalue weighted by Gasteiger charge is 2.17. The van der Waals surface area contributed by atoms with Crippen molar-refractivity contribution in [1.82, 2.24) is 0 Å². The van der Waals surface area contributed by atoms with E-state index in [0.717, 1.165) is 0 Å². The average Bonchev–Trinajstić information content (AvgIpc) is 2.57. The van der Waals surface area contributed by atoms with Crippen LogP contribution >= 0.6 is 14.7 Å². The Kier molecular flexibility index (Phi) is 7.17. The van der Waals surface area contributed by atoms with Crippen molar-refractivity contribution in [3.63, 3.8) is 0 Å². The van der Waals surface area contributed by atoms with E-state index in [4.69, 9.17) is 11.5 Å². The summed E-state index contributed by atoms with van der Waals surface area (Å²) in [5, 5.41) is 0.838. The molecule has 0 bridgehead atoms. The minimum atomic E-state index is -3.25. The van der Waals surface area contributed by atoms with Crippen molar-refractivity contribution >= 4 is 25.3 Å². The van der Waals surface area contributed by atoms with Crippen LogP contribution in [-0.4, -0.2) is 22.4 Å². The van der Waals surface area contributed by atoms with Crippen molar-refractivity contribution < 1.29 is 18.9 Å². The molecule has 2 aromatic rings. The second-order valence-corrected chi connectivity index (χ2v) is 9.01. The third kappa shape index (κ3) is 5.50. The fourth-order valence-electron chi connectivity index (χ4n) is 1.53. The van der Waals surface area contributed by atoms with Gasteiger partial charge in [-0.3, -0.25) is 9.13 Å². The molecule has 8 heteroatoms. The van der Waals surface area contributed by atoms with Crippen LogP contribution in [-0.2, 0) is 9.13 Å². The van der Waals surface area contributed by atoms with Crippen molar-refractivity contribution in [3.8, 4) is 0 Å². The molecule has 0 saturated carbocycles. The van der Waals surface area contributed by atoms with Gasteiger partial charge in [-0.25, -0.2) is 0 Å². The fourth-order valence-corrected chi connectivity index (χ4v) is 3.23. The molecule has 2 unspecified atom stereocenters. The molecule has 0 aliphatic carbocycles. The minimum Gasteiger partial charge on any atom is -0.340 e. The molecule has 0 radical (unpaired) electrons. The van der Waals surface area contributed by atoms with Gasteiger partial charge in [0.2, 0.25) is 14.7 Å². The summed E-state index contributed by atoms with van der Waals surface area (Å²) in [6.45, 7) is 0. The van der Waals surface area contributed by atoms with Gasteiger partial charge in [0.05, 0.1) is 12.6 Å². The van der Waals surface area contributed by atoms with Crippen LogP contribution in [0.3, 0.4) is 0 Å². The summed E-state index contributed by atoms with van der Waals surface area (Å²) in [7, 11) is -6.50. The van der Waals surface area contributed by atoms with E-state index in [1.54, 1.807) is 60.7 Å². The second-order valence-electron chi connectivity index (χ2n) is 4.44. The largest absolute Gasteiger partial charge is 0.340 e. The molecule has 2 rings (SSSR count). The highest BCUT2D eigenvalue weighted by atomic mass is 31.2. The van der Waals surface area contributed by atoms with Crippen LogP contribution in [0.5, 0.6) is 0 Å². The third-order valence-corrected chi connectivity index (χ3v) is 6.01. The van der Waals surface area contributed by atoms with Crippen LogP contribution < -0.4 is 22.1 Å². The molecule has 0 amide bonds. The fraction of sp³-hybridized carbons (Fsp3) is 0.143. The van der Waals surface area contributed by atoms with Gasteiger partial charge in [-0.1, -0.05) is 36.4 Å². The van der Waals surface area contributed by atoms with E-state index in [-0.39, 0.29) is 12.6 Å². The molecule has 0 fully saturated rings. The normalized spacial score (nSPS) is 15.8. The standard InChI is InChI=1S/2C7H10NO2P/c2*8-6-11(9,10)7-4-2-1-3-5-7/h2*1-5H,6,8H2,(H,9,10). The summed E-state index contributed by atoms with van der Waals surface area (Å²) < 4.78 is 22.4. The van der Waals surface area contributed by atoms with Crippen molar-refractivity contribution in [3.05, 3.63) is 60.7 Å². The van der Waals surface area contributed by atoms with Crippen molar-refractivity contribution in [2.45, 2.75) is 0 Å². The molecule has 2 atom stereocenters. The van der Waals surface area contributed by atoms with Gasteiger partial charge in [-0.2, -0.15) is 0 Å². The molecule has 120 valence electrons. The number of rotatable bonds is 4. The van der Waals surface area contributed by atoms with Crippen LogP contribution in [0.1, 0.15) is 0 Å².